The van der Waals surface area contributed by atoms with Gasteiger partial charge in [-0.3, -0.25) is 0 Å². The van der Waals surface area contributed by atoms with Crippen LogP contribution in [-0.2, 0) is 5.41 Å². The lowest BCUT2D eigenvalue weighted by Crippen LogP contribution is -2.14. The number of para-hydroxylation sites is 1. The normalized spacial score (nSPS) is 12.8. The molecule has 0 aliphatic heterocycles. The van der Waals surface area contributed by atoms with Crippen molar-refractivity contribution in [2.75, 3.05) is 0 Å². The van der Waals surface area contributed by atoms with Crippen LogP contribution >= 0.6 is 0 Å². The van der Waals surface area contributed by atoms with Gasteiger partial charge in [0.2, 0.25) is 0 Å². The van der Waals surface area contributed by atoms with Gasteiger partial charge in [-0.2, -0.15) is 0 Å². The molecule has 0 spiro atoms. The molecule has 292 valence electrons. The SMILES string of the molecule is CC1(C)c2cc3ccccc3cc2-c2c(-c3cc(-c4ccc5oc6ccccc6c5c4)cc(-c4cc(-c5cccc(-c6ccccc6)c5)nc(-c5ccccc5)n4)c3)cccc21. The highest BCUT2D eigenvalue weighted by Gasteiger charge is 2.37. The lowest BCUT2D eigenvalue weighted by Gasteiger charge is -2.22. The molecule has 1 aliphatic rings. The predicted molar refractivity (Wildman–Crippen MR) is 257 cm³/mol. The topological polar surface area (TPSA) is 38.9 Å². The summed E-state index contributed by atoms with van der Waals surface area (Å²) in [5.41, 5.74) is 18.5. The first-order valence-electron chi connectivity index (χ1n) is 21.3. The quantitative estimate of drug-likeness (QED) is 0.168. The van der Waals surface area contributed by atoms with Gasteiger partial charge < -0.3 is 4.42 Å². The average molecular weight is 793 g/mol. The molecule has 0 saturated carbocycles. The van der Waals surface area contributed by atoms with Gasteiger partial charge in [0.05, 0.1) is 11.4 Å². The summed E-state index contributed by atoms with van der Waals surface area (Å²) in [5, 5.41) is 4.72. The zero-order valence-electron chi connectivity index (χ0n) is 34.4. The number of hydrogen-bond acceptors (Lipinski definition) is 3. The van der Waals surface area contributed by atoms with Crippen LogP contribution in [0, 0.1) is 0 Å². The van der Waals surface area contributed by atoms with Crippen LogP contribution in [0.3, 0.4) is 0 Å². The van der Waals surface area contributed by atoms with Gasteiger partial charge in [0.15, 0.2) is 5.82 Å². The van der Waals surface area contributed by atoms with Crippen LogP contribution in [0.2, 0.25) is 0 Å². The van der Waals surface area contributed by atoms with Gasteiger partial charge in [-0.25, -0.2) is 9.97 Å². The van der Waals surface area contributed by atoms with E-state index in [1.54, 1.807) is 0 Å². The fraction of sp³-hybridized carbons (Fsp3) is 0.0508. The number of nitrogens with zero attached hydrogens (tertiary/aromatic N) is 2. The molecule has 0 unspecified atom stereocenters. The Labute approximate surface area is 360 Å². The Bertz CT molecular complexity index is 3540. The minimum atomic E-state index is -0.168. The molecule has 3 nitrogen and oxygen atoms in total. The Balaban J connectivity index is 1.11. The maximum atomic E-state index is 6.29. The van der Waals surface area contributed by atoms with Gasteiger partial charge in [-0.15, -0.1) is 0 Å². The van der Waals surface area contributed by atoms with Crippen molar-refractivity contribution in [2.24, 2.45) is 0 Å². The van der Waals surface area contributed by atoms with Crippen molar-refractivity contribution in [3.8, 4) is 78.4 Å². The molecule has 0 N–H and O–H groups in total. The summed E-state index contributed by atoms with van der Waals surface area (Å²) in [5.74, 6) is 0.685. The van der Waals surface area contributed by atoms with Crippen molar-refractivity contribution >= 4 is 32.7 Å². The van der Waals surface area contributed by atoms with Gasteiger partial charge in [-0.05, 0) is 127 Å². The third-order valence-electron chi connectivity index (χ3n) is 12.8. The van der Waals surface area contributed by atoms with Crippen LogP contribution < -0.4 is 0 Å². The molecule has 11 aromatic rings. The Kier molecular flexibility index (Phi) is 8.20. The van der Waals surface area contributed by atoms with Crippen molar-refractivity contribution in [3.05, 3.63) is 217 Å². The molecular weight excluding hydrogens is 753 g/mol. The largest absolute Gasteiger partial charge is 0.456 e. The van der Waals surface area contributed by atoms with E-state index in [1.807, 2.05) is 30.3 Å². The third kappa shape index (κ3) is 5.96. The van der Waals surface area contributed by atoms with E-state index in [0.717, 1.165) is 72.3 Å². The second-order valence-electron chi connectivity index (χ2n) is 17.0. The molecule has 0 amide bonds. The molecule has 0 radical (unpaired) electrons. The summed E-state index contributed by atoms with van der Waals surface area (Å²) in [6.07, 6.45) is 0. The number of fused-ring (bicyclic) bond motifs is 7. The van der Waals surface area contributed by atoms with Gasteiger partial charge in [0, 0.05) is 32.9 Å². The van der Waals surface area contributed by atoms with Crippen LogP contribution in [0.4, 0.5) is 0 Å². The summed E-state index contributed by atoms with van der Waals surface area (Å²) in [6, 6.07) is 73.9. The number of hydrogen-bond donors (Lipinski definition) is 0. The monoisotopic (exact) mass is 792 g/mol. The maximum Gasteiger partial charge on any atom is 0.160 e. The fourth-order valence-corrected chi connectivity index (χ4v) is 9.66. The van der Waals surface area contributed by atoms with Crippen LogP contribution in [-0.4, -0.2) is 9.97 Å². The zero-order chi connectivity index (χ0) is 41.4. The van der Waals surface area contributed by atoms with E-state index in [1.165, 1.54) is 44.2 Å². The first-order valence-corrected chi connectivity index (χ1v) is 21.3. The van der Waals surface area contributed by atoms with E-state index in [-0.39, 0.29) is 5.41 Å². The lowest BCUT2D eigenvalue weighted by molar-refractivity contribution is 0.661. The molecule has 9 aromatic carbocycles. The molecule has 1 aliphatic carbocycles. The van der Waals surface area contributed by atoms with E-state index in [4.69, 9.17) is 14.4 Å². The minimum Gasteiger partial charge on any atom is -0.456 e. The zero-order valence-corrected chi connectivity index (χ0v) is 34.4. The molecular formula is C59H40N2O. The van der Waals surface area contributed by atoms with E-state index in [2.05, 4.69) is 190 Å². The maximum absolute atomic E-state index is 6.29. The third-order valence-corrected chi connectivity index (χ3v) is 12.8. The number of rotatable bonds is 6. The lowest BCUT2D eigenvalue weighted by atomic mass is 9.81. The summed E-state index contributed by atoms with van der Waals surface area (Å²) in [6.45, 7) is 4.73. The number of furan rings is 1. The fourth-order valence-electron chi connectivity index (χ4n) is 9.66. The first kappa shape index (κ1) is 36.0. The Morgan fingerprint density at radius 3 is 1.77 bits per heavy atom. The molecule has 3 heteroatoms. The van der Waals surface area contributed by atoms with Gasteiger partial charge in [0.25, 0.3) is 0 Å². The van der Waals surface area contributed by atoms with Crippen molar-refractivity contribution in [1.29, 1.82) is 0 Å². The van der Waals surface area contributed by atoms with E-state index >= 15 is 0 Å². The highest BCUT2D eigenvalue weighted by Crippen LogP contribution is 2.53. The van der Waals surface area contributed by atoms with E-state index < -0.39 is 0 Å². The average Bonchev–Trinajstić information content (AvgIpc) is 3.82. The Morgan fingerprint density at radius 1 is 0.355 bits per heavy atom. The standard InChI is InChI=1S/C59H40N2O/c1-59(2)51-25-14-24-47(57(51)50-34-40-19-9-10-20-41(40)35-52(50)59)45-30-44(42-27-28-56-49(33-42)48-23-11-12-26-55(48)62-56)31-46(32-45)54-36-53(60-58(61-54)38-17-7-4-8-18-38)43-22-13-21-39(29-43)37-15-5-3-6-16-37/h3-36H,1-2H3. The van der Waals surface area contributed by atoms with E-state index in [0.29, 0.717) is 5.82 Å². The van der Waals surface area contributed by atoms with Crippen LogP contribution in [0.15, 0.2) is 211 Å². The predicted octanol–water partition coefficient (Wildman–Crippen LogP) is 15.8. The van der Waals surface area contributed by atoms with Crippen LogP contribution in [0.1, 0.15) is 25.0 Å². The van der Waals surface area contributed by atoms with Crippen molar-refractivity contribution in [2.45, 2.75) is 19.3 Å². The van der Waals surface area contributed by atoms with Crippen LogP contribution in [0.5, 0.6) is 0 Å². The van der Waals surface area contributed by atoms with E-state index in [9.17, 15) is 0 Å². The number of aromatic nitrogens is 2. The second-order valence-corrected chi connectivity index (χ2v) is 17.0. The van der Waals surface area contributed by atoms with Crippen molar-refractivity contribution in [1.82, 2.24) is 9.97 Å². The summed E-state index contributed by atoms with van der Waals surface area (Å²) < 4.78 is 6.29. The highest BCUT2D eigenvalue weighted by atomic mass is 16.3. The van der Waals surface area contributed by atoms with Crippen molar-refractivity contribution < 1.29 is 4.42 Å². The molecule has 12 rings (SSSR count). The van der Waals surface area contributed by atoms with Gasteiger partial charge in [0.1, 0.15) is 11.2 Å². The molecule has 62 heavy (non-hydrogen) atoms. The van der Waals surface area contributed by atoms with Crippen molar-refractivity contribution in [3.63, 3.8) is 0 Å². The number of benzene rings is 9. The van der Waals surface area contributed by atoms with Gasteiger partial charge >= 0.3 is 0 Å². The Hall–Kier alpha value is -7.88. The summed E-state index contributed by atoms with van der Waals surface area (Å²) in [7, 11) is 0. The molecule has 0 saturated heterocycles. The molecule has 2 heterocycles. The second kappa shape index (κ2) is 14.1. The molecule has 0 fully saturated rings. The van der Waals surface area contributed by atoms with Crippen LogP contribution in [0.25, 0.3) is 111 Å². The minimum absolute atomic E-state index is 0.168. The molecule has 0 bridgehead atoms. The molecule has 2 aromatic heterocycles. The first-order chi connectivity index (χ1) is 30.4. The molecule has 0 atom stereocenters. The summed E-state index contributed by atoms with van der Waals surface area (Å²) >= 11 is 0. The van der Waals surface area contributed by atoms with Gasteiger partial charge in [-0.1, -0.05) is 159 Å². The highest BCUT2D eigenvalue weighted by molar-refractivity contribution is 6.07. The summed E-state index contributed by atoms with van der Waals surface area (Å²) in [4.78, 5) is 10.6. The Morgan fingerprint density at radius 2 is 0.952 bits per heavy atom. The smallest absolute Gasteiger partial charge is 0.160 e.